The molecular weight excluding hydrogens is 685 g/mol. The van der Waals surface area contributed by atoms with Crippen molar-refractivity contribution in [3.63, 3.8) is 0 Å². The Hall–Kier alpha value is -3.56. The maximum Gasteiger partial charge on any atom is 0.329 e. The first-order chi connectivity index (χ1) is 21.9. The molecule has 0 spiro atoms. The van der Waals surface area contributed by atoms with Crippen LogP contribution in [0.4, 0.5) is 0 Å². The van der Waals surface area contributed by atoms with Gasteiger partial charge in [-0.15, -0.1) is 0 Å². The SMILES string of the molecule is COC(=O)C(CSSCC(N)C(=O)O)NC(=O)c1ccc(-c2ccc(C(=O)NC(CSSCC(N)C(=O)O)C(=O)OC)cn2)nc1. The van der Waals surface area contributed by atoms with Gasteiger partial charge in [0.25, 0.3) is 11.8 Å². The molecule has 0 aliphatic rings. The second-order valence-corrected chi connectivity index (χ2v) is 14.1. The Balaban J connectivity index is 1.98. The van der Waals surface area contributed by atoms with Crippen LogP contribution in [0.15, 0.2) is 36.7 Å². The number of esters is 2. The minimum atomic E-state index is -1.15. The van der Waals surface area contributed by atoms with E-state index in [1.54, 1.807) is 0 Å². The first-order valence-electron chi connectivity index (χ1n) is 13.0. The highest BCUT2D eigenvalue weighted by atomic mass is 33.1. The third kappa shape index (κ3) is 12.7. The molecule has 0 aliphatic heterocycles. The Bertz CT molecular complexity index is 1270. The van der Waals surface area contributed by atoms with Crippen molar-refractivity contribution in [3.05, 3.63) is 47.8 Å². The molecule has 2 aromatic rings. The maximum atomic E-state index is 12.8. The molecule has 2 amide bonds. The van der Waals surface area contributed by atoms with Crippen LogP contribution in [0.25, 0.3) is 11.4 Å². The zero-order valence-electron chi connectivity index (χ0n) is 24.4. The van der Waals surface area contributed by atoms with Gasteiger partial charge in [-0.25, -0.2) is 9.59 Å². The molecule has 0 aromatic carbocycles. The first-order valence-corrected chi connectivity index (χ1v) is 18.0. The monoisotopic (exact) mass is 716 g/mol. The molecule has 0 radical (unpaired) electrons. The lowest BCUT2D eigenvalue weighted by molar-refractivity contribution is -0.143. The van der Waals surface area contributed by atoms with Crippen LogP contribution in [0.5, 0.6) is 0 Å². The van der Waals surface area contributed by atoms with Crippen molar-refractivity contribution in [2.75, 3.05) is 37.2 Å². The number of aromatic nitrogens is 2. The number of hydrogen-bond donors (Lipinski definition) is 6. The third-order valence-corrected chi connectivity index (χ3v) is 10.6. The van der Waals surface area contributed by atoms with Gasteiger partial charge in [-0.3, -0.25) is 29.1 Å². The van der Waals surface area contributed by atoms with Crippen LogP contribution in [0.1, 0.15) is 20.7 Å². The second kappa shape index (κ2) is 19.8. The van der Waals surface area contributed by atoms with E-state index in [-0.39, 0.29) is 34.1 Å². The number of ether oxygens (including phenoxy) is 2. The van der Waals surface area contributed by atoms with Crippen LogP contribution in [0.3, 0.4) is 0 Å². The fourth-order valence-corrected chi connectivity index (χ4v) is 7.61. The van der Waals surface area contributed by atoms with Crippen LogP contribution in [0.2, 0.25) is 0 Å². The molecule has 46 heavy (non-hydrogen) atoms. The van der Waals surface area contributed by atoms with E-state index < -0.39 is 59.9 Å². The van der Waals surface area contributed by atoms with Gasteiger partial charge < -0.3 is 41.8 Å². The van der Waals surface area contributed by atoms with Crippen molar-refractivity contribution in [3.8, 4) is 11.4 Å². The van der Waals surface area contributed by atoms with E-state index in [9.17, 15) is 28.8 Å². The molecule has 2 heterocycles. The van der Waals surface area contributed by atoms with Gasteiger partial charge in [-0.1, -0.05) is 43.2 Å². The smallest absolute Gasteiger partial charge is 0.329 e. The van der Waals surface area contributed by atoms with Gasteiger partial charge in [0.1, 0.15) is 24.2 Å². The Morgan fingerprint density at radius 2 is 1.02 bits per heavy atom. The average molecular weight is 717 g/mol. The van der Waals surface area contributed by atoms with Crippen LogP contribution in [-0.4, -0.2) is 117 Å². The van der Waals surface area contributed by atoms with E-state index in [2.05, 4.69) is 20.6 Å². The number of pyridine rings is 2. The number of carbonyl (C=O) groups is 6. The van der Waals surface area contributed by atoms with Crippen molar-refractivity contribution in [2.24, 2.45) is 11.5 Å². The van der Waals surface area contributed by atoms with E-state index in [4.69, 9.17) is 31.2 Å². The number of hydrogen-bond acceptors (Lipinski definition) is 16. The van der Waals surface area contributed by atoms with E-state index >= 15 is 0 Å². The van der Waals surface area contributed by atoms with Crippen molar-refractivity contribution < 1.29 is 48.5 Å². The van der Waals surface area contributed by atoms with Gasteiger partial charge >= 0.3 is 23.9 Å². The van der Waals surface area contributed by atoms with E-state index in [1.807, 2.05) is 0 Å². The quantitative estimate of drug-likeness (QED) is 0.0647. The highest BCUT2D eigenvalue weighted by Crippen LogP contribution is 2.24. The molecule has 0 aliphatic carbocycles. The second-order valence-electron chi connectivity index (χ2n) is 8.99. The zero-order valence-corrected chi connectivity index (χ0v) is 27.7. The van der Waals surface area contributed by atoms with Crippen LogP contribution in [0, 0.1) is 0 Å². The van der Waals surface area contributed by atoms with Crippen molar-refractivity contribution in [2.45, 2.75) is 24.2 Å². The number of nitrogens with one attached hydrogen (secondary N) is 2. The number of carboxylic acid groups (broad SMARTS) is 2. The summed E-state index contributed by atoms with van der Waals surface area (Å²) in [6.07, 6.45) is 2.57. The number of aliphatic carboxylic acids is 2. The summed E-state index contributed by atoms with van der Waals surface area (Å²) in [6.45, 7) is 0. The van der Waals surface area contributed by atoms with Crippen molar-refractivity contribution in [1.82, 2.24) is 20.6 Å². The van der Waals surface area contributed by atoms with Gasteiger partial charge in [0.2, 0.25) is 0 Å². The molecule has 2 aromatic heterocycles. The number of nitrogens with two attached hydrogens (primary N) is 2. The normalized spacial score (nSPS) is 13.4. The van der Waals surface area contributed by atoms with Crippen molar-refractivity contribution in [1.29, 1.82) is 0 Å². The molecule has 0 fully saturated rings. The van der Waals surface area contributed by atoms with Crippen LogP contribution >= 0.6 is 43.2 Å². The third-order valence-electron chi connectivity index (χ3n) is 5.66. The Morgan fingerprint density at radius 1 is 0.674 bits per heavy atom. The van der Waals surface area contributed by atoms with Crippen LogP contribution < -0.4 is 22.1 Å². The number of carbonyl (C=O) groups excluding carboxylic acids is 4. The van der Waals surface area contributed by atoms with Crippen molar-refractivity contribution >= 4 is 78.9 Å². The minimum Gasteiger partial charge on any atom is -0.480 e. The Labute approximate surface area is 279 Å². The first kappa shape index (κ1) is 38.6. The largest absolute Gasteiger partial charge is 0.480 e. The number of rotatable bonds is 19. The number of methoxy groups -OCH3 is 2. The zero-order chi connectivity index (χ0) is 34.2. The topological polar surface area (TPSA) is 263 Å². The maximum absolute atomic E-state index is 12.8. The summed E-state index contributed by atoms with van der Waals surface area (Å²) in [5.41, 5.74) is 12.0. The average Bonchev–Trinajstić information content (AvgIpc) is 3.06. The van der Waals surface area contributed by atoms with E-state index in [1.165, 1.54) is 50.9 Å². The molecule has 0 saturated heterocycles. The lowest BCUT2D eigenvalue weighted by Gasteiger charge is -2.16. The highest BCUT2D eigenvalue weighted by Gasteiger charge is 2.25. The summed E-state index contributed by atoms with van der Waals surface area (Å²) in [5.74, 6) is -4.43. The minimum absolute atomic E-state index is 0.102. The lowest BCUT2D eigenvalue weighted by Crippen LogP contribution is -2.43. The van der Waals surface area contributed by atoms with Gasteiger partial charge in [-0.2, -0.15) is 0 Å². The van der Waals surface area contributed by atoms with Gasteiger partial charge in [0, 0.05) is 35.4 Å². The lowest BCUT2D eigenvalue weighted by atomic mass is 10.1. The summed E-state index contributed by atoms with van der Waals surface area (Å²) >= 11 is 0. The molecule has 4 unspecified atom stereocenters. The molecule has 250 valence electrons. The molecule has 4 atom stereocenters. The molecule has 20 heteroatoms. The van der Waals surface area contributed by atoms with E-state index in [0.717, 1.165) is 43.2 Å². The Morgan fingerprint density at radius 3 is 1.30 bits per heavy atom. The molecular formula is C26H32N6O10S4. The fraction of sp³-hybridized carbons (Fsp3) is 0.385. The summed E-state index contributed by atoms with van der Waals surface area (Å²) in [7, 11) is 6.97. The van der Waals surface area contributed by atoms with Crippen LogP contribution in [-0.2, 0) is 28.7 Å². The Kier molecular flexibility index (Phi) is 16.7. The number of carboxylic acids is 2. The molecule has 16 nitrogen and oxygen atoms in total. The summed E-state index contributed by atoms with van der Waals surface area (Å²) < 4.78 is 9.50. The molecule has 0 saturated carbocycles. The highest BCUT2D eigenvalue weighted by molar-refractivity contribution is 8.77. The molecule has 8 N–H and O–H groups in total. The predicted octanol–water partition coefficient (Wildman–Crippen LogP) is 0.273. The van der Waals surface area contributed by atoms with Gasteiger partial charge in [0.05, 0.1) is 36.7 Å². The van der Waals surface area contributed by atoms with E-state index in [0.29, 0.717) is 11.4 Å². The number of amides is 2. The number of nitrogens with zero attached hydrogens (tertiary/aromatic N) is 2. The summed E-state index contributed by atoms with van der Waals surface area (Å²) in [4.78, 5) is 80.0. The molecule has 2 rings (SSSR count). The van der Waals surface area contributed by atoms with Gasteiger partial charge in [-0.05, 0) is 24.3 Å². The summed E-state index contributed by atoms with van der Waals surface area (Å²) in [5, 5.41) is 22.9. The fourth-order valence-electron chi connectivity index (χ4n) is 3.08. The standard InChI is InChI=1S/C26H32N6O10S4/c1-41-25(39)19(11-45-43-9-15(27)23(35)36)31-21(33)13-3-5-17(29-7-13)18-6-4-14(8-30-18)22(34)32-20(26(40)42-2)12-46-44-10-16(28)24(37)38/h3-8,15-16,19-20H,9-12,27-28H2,1-2H3,(H,31,33)(H,32,34)(H,35,36)(H,37,38). The molecule has 0 bridgehead atoms. The van der Waals surface area contributed by atoms with Gasteiger partial charge in [0.15, 0.2) is 0 Å². The predicted molar refractivity (Wildman–Crippen MR) is 175 cm³/mol. The summed E-state index contributed by atoms with van der Waals surface area (Å²) in [6, 6.07) is 1.86.